The fraction of sp³-hybridized carbons (Fsp3) is 0. The molecule has 19 heavy (non-hydrogen) atoms. The summed E-state index contributed by atoms with van der Waals surface area (Å²) in [6.07, 6.45) is 0. The maximum absolute atomic E-state index is 13.0. The standard InChI is InChI=1S/C13H7ClF3NO/c14-8-3-1-2-4-11(8)18-13(19)7-5-9(15)12(17)10(16)6-7/h1-6H,(H,18,19). The van der Waals surface area contributed by atoms with Crippen LogP contribution in [0.4, 0.5) is 18.9 Å². The molecule has 1 amide bonds. The number of benzene rings is 2. The smallest absolute Gasteiger partial charge is 0.255 e. The maximum Gasteiger partial charge on any atom is 0.255 e. The number of halogens is 4. The fourth-order valence-electron chi connectivity index (χ4n) is 1.44. The first kappa shape index (κ1) is 13.4. The molecular weight excluding hydrogens is 279 g/mol. The molecule has 2 aromatic carbocycles. The summed E-state index contributed by atoms with van der Waals surface area (Å²) in [5.74, 6) is -5.26. The van der Waals surface area contributed by atoms with Crippen LogP contribution >= 0.6 is 11.6 Å². The van der Waals surface area contributed by atoms with Crippen molar-refractivity contribution in [2.75, 3.05) is 5.32 Å². The Hall–Kier alpha value is -2.01. The summed E-state index contributed by atoms with van der Waals surface area (Å²) in [5.41, 5.74) is -0.0457. The van der Waals surface area contributed by atoms with Gasteiger partial charge in [0, 0.05) is 5.56 Å². The quantitative estimate of drug-likeness (QED) is 0.830. The average molecular weight is 286 g/mol. The lowest BCUT2D eigenvalue weighted by atomic mass is 10.2. The van der Waals surface area contributed by atoms with E-state index >= 15 is 0 Å². The molecule has 0 fully saturated rings. The summed E-state index contributed by atoms with van der Waals surface area (Å²) in [6.45, 7) is 0. The fourth-order valence-corrected chi connectivity index (χ4v) is 1.63. The van der Waals surface area contributed by atoms with Gasteiger partial charge in [0.25, 0.3) is 5.91 Å². The highest BCUT2D eigenvalue weighted by atomic mass is 35.5. The minimum Gasteiger partial charge on any atom is -0.321 e. The van der Waals surface area contributed by atoms with E-state index in [2.05, 4.69) is 5.32 Å². The first-order valence-electron chi connectivity index (χ1n) is 5.19. The zero-order valence-electron chi connectivity index (χ0n) is 9.38. The van der Waals surface area contributed by atoms with Gasteiger partial charge in [0.05, 0.1) is 10.7 Å². The van der Waals surface area contributed by atoms with E-state index in [-0.39, 0.29) is 10.6 Å². The van der Waals surface area contributed by atoms with Crippen LogP contribution in [-0.4, -0.2) is 5.91 Å². The Bertz CT molecular complexity index is 623. The molecule has 0 bridgehead atoms. The van der Waals surface area contributed by atoms with Crippen molar-refractivity contribution in [3.63, 3.8) is 0 Å². The molecule has 0 heterocycles. The number of rotatable bonds is 2. The van der Waals surface area contributed by atoms with Crippen molar-refractivity contribution in [3.05, 3.63) is 64.4 Å². The molecule has 0 radical (unpaired) electrons. The molecule has 0 saturated carbocycles. The van der Waals surface area contributed by atoms with Gasteiger partial charge >= 0.3 is 0 Å². The van der Waals surface area contributed by atoms with Gasteiger partial charge in [0.2, 0.25) is 0 Å². The molecule has 0 saturated heterocycles. The Kier molecular flexibility index (Phi) is 3.76. The molecule has 0 unspecified atom stereocenters. The Morgan fingerprint density at radius 2 is 1.63 bits per heavy atom. The summed E-state index contributed by atoms with van der Waals surface area (Å²) in [5, 5.41) is 2.65. The molecule has 2 aromatic rings. The zero-order valence-corrected chi connectivity index (χ0v) is 10.1. The Balaban J connectivity index is 2.28. The average Bonchev–Trinajstić information content (AvgIpc) is 2.38. The molecule has 0 aliphatic rings. The van der Waals surface area contributed by atoms with E-state index in [4.69, 9.17) is 11.6 Å². The van der Waals surface area contributed by atoms with E-state index in [0.717, 1.165) is 0 Å². The third-order valence-electron chi connectivity index (χ3n) is 2.37. The van der Waals surface area contributed by atoms with Crippen LogP contribution in [0.2, 0.25) is 5.02 Å². The molecule has 0 atom stereocenters. The summed E-state index contributed by atoms with van der Waals surface area (Å²) in [4.78, 5) is 11.8. The van der Waals surface area contributed by atoms with Gasteiger partial charge in [-0.05, 0) is 24.3 Å². The summed E-state index contributed by atoms with van der Waals surface area (Å²) < 4.78 is 38.8. The molecule has 6 heteroatoms. The van der Waals surface area contributed by atoms with Crippen molar-refractivity contribution in [2.45, 2.75) is 0 Å². The molecular formula is C13H7ClF3NO. The number of carbonyl (C=O) groups excluding carboxylic acids is 1. The molecule has 0 aliphatic heterocycles. The lowest BCUT2D eigenvalue weighted by Gasteiger charge is -2.07. The number of carbonyl (C=O) groups is 1. The van der Waals surface area contributed by atoms with Crippen LogP contribution in [0.15, 0.2) is 36.4 Å². The minimum atomic E-state index is -1.62. The van der Waals surface area contributed by atoms with Crippen molar-refractivity contribution in [1.29, 1.82) is 0 Å². The Labute approximate surface area is 111 Å². The molecule has 2 nitrogen and oxygen atoms in total. The van der Waals surface area contributed by atoms with E-state index < -0.39 is 23.4 Å². The predicted molar refractivity (Wildman–Crippen MR) is 65.7 cm³/mol. The number of hydrogen-bond acceptors (Lipinski definition) is 1. The van der Waals surface area contributed by atoms with Crippen molar-refractivity contribution in [2.24, 2.45) is 0 Å². The van der Waals surface area contributed by atoms with Gasteiger partial charge in [-0.2, -0.15) is 0 Å². The van der Waals surface area contributed by atoms with Gasteiger partial charge in [0.15, 0.2) is 17.5 Å². The van der Waals surface area contributed by atoms with Crippen LogP contribution in [0.3, 0.4) is 0 Å². The second kappa shape index (κ2) is 5.32. The van der Waals surface area contributed by atoms with Crippen LogP contribution < -0.4 is 5.32 Å². The van der Waals surface area contributed by atoms with Gasteiger partial charge in [-0.1, -0.05) is 23.7 Å². The molecule has 1 N–H and O–H groups in total. The molecule has 2 rings (SSSR count). The highest BCUT2D eigenvalue weighted by Gasteiger charge is 2.15. The number of nitrogens with one attached hydrogen (secondary N) is 1. The van der Waals surface area contributed by atoms with Crippen LogP contribution in [0.25, 0.3) is 0 Å². The largest absolute Gasteiger partial charge is 0.321 e. The lowest BCUT2D eigenvalue weighted by molar-refractivity contribution is 0.102. The maximum atomic E-state index is 13.0. The third kappa shape index (κ3) is 2.88. The van der Waals surface area contributed by atoms with E-state index in [1.54, 1.807) is 18.2 Å². The van der Waals surface area contributed by atoms with Crippen LogP contribution in [0, 0.1) is 17.5 Å². The summed E-state index contributed by atoms with van der Waals surface area (Å²) in [7, 11) is 0. The van der Waals surface area contributed by atoms with Crippen molar-refractivity contribution >= 4 is 23.2 Å². The number of hydrogen-bond donors (Lipinski definition) is 1. The molecule has 0 spiro atoms. The van der Waals surface area contributed by atoms with E-state index in [0.29, 0.717) is 17.8 Å². The second-order valence-corrected chi connectivity index (χ2v) is 4.10. The Morgan fingerprint density at radius 3 is 2.21 bits per heavy atom. The van der Waals surface area contributed by atoms with Crippen molar-refractivity contribution in [3.8, 4) is 0 Å². The van der Waals surface area contributed by atoms with Gasteiger partial charge < -0.3 is 5.32 Å². The first-order chi connectivity index (χ1) is 8.99. The van der Waals surface area contributed by atoms with Gasteiger partial charge in [0.1, 0.15) is 0 Å². The number of anilines is 1. The van der Waals surface area contributed by atoms with Crippen LogP contribution in [-0.2, 0) is 0 Å². The number of amides is 1. The summed E-state index contributed by atoms with van der Waals surface area (Å²) in [6, 6.07) is 7.59. The van der Waals surface area contributed by atoms with E-state index in [1.807, 2.05) is 0 Å². The Morgan fingerprint density at radius 1 is 1.05 bits per heavy atom. The second-order valence-electron chi connectivity index (χ2n) is 3.69. The normalized spacial score (nSPS) is 10.3. The molecule has 0 aromatic heterocycles. The van der Waals surface area contributed by atoms with E-state index in [9.17, 15) is 18.0 Å². The van der Waals surface area contributed by atoms with Crippen molar-refractivity contribution < 1.29 is 18.0 Å². The van der Waals surface area contributed by atoms with Gasteiger partial charge in [-0.15, -0.1) is 0 Å². The SMILES string of the molecule is O=C(Nc1ccccc1Cl)c1cc(F)c(F)c(F)c1. The highest BCUT2D eigenvalue weighted by Crippen LogP contribution is 2.22. The highest BCUT2D eigenvalue weighted by molar-refractivity contribution is 6.33. The predicted octanol–water partition coefficient (Wildman–Crippen LogP) is 4.01. The first-order valence-corrected chi connectivity index (χ1v) is 5.57. The van der Waals surface area contributed by atoms with Crippen molar-refractivity contribution in [1.82, 2.24) is 0 Å². The number of para-hydroxylation sites is 1. The third-order valence-corrected chi connectivity index (χ3v) is 2.70. The summed E-state index contributed by atoms with van der Waals surface area (Å²) >= 11 is 5.82. The minimum absolute atomic E-state index is 0.277. The molecule has 98 valence electrons. The molecule has 0 aliphatic carbocycles. The van der Waals surface area contributed by atoms with Gasteiger partial charge in [-0.3, -0.25) is 4.79 Å². The zero-order chi connectivity index (χ0) is 14.0. The van der Waals surface area contributed by atoms with E-state index in [1.165, 1.54) is 6.07 Å². The van der Waals surface area contributed by atoms with Crippen LogP contribution in [0.5, 0.6) is 0 Å². The topological polar surface area (TPSA) is 29.1 Å². The monoisotopic (exact) mass is 285 g/mol. The lowest BCUT2D eigenvalue weighted by Crippen LogP contribution is -2.13. The van der Waals surface area contributed by atoms with Gasteiger partial charge in [-0.25, -0.2) is 13.2 Å². The van der Waals surface area contributed by atoms with Crippen LogP contribution in [0.1, 0.15) is 10.4 Å².